The van der Waals surface area contributed by atoms with E-state index in [1.807, 2.05) is 0 Å². The van der Waals surface area contributed by atoms with Crippen molar-refractivity contribution in [3.05, 3.63) is 60.4 Å². The molecule has 0 saturated carbocycles. The van der Waals surface area contributed by atoms with E-state index in [1.165, 1.54) is 13.2 Å². The second kappa shape index (κ2) is 8.41. The van der Waals surface area contributed by atoms with Crippen LogP contribution in [0.1, 0.15) is 32.7 Å². The molecular weight excluding hydrogens is 411 g/mol. The molecule has 0 fully saturated rings. The van der Waals surface area contributed by atoms with Gasteiger partial charge < -0.3 is 15.3 Å². The number of nitrogens with two attached hydrogens (primary N) is 1. The van der Waals surface area contributed by atoms with E-state index in [-0.39, 0.29) is 33.6 Å². The maximum absolute atomic E-state index is 12.3. The van der Waals surface area contributed by atoms with Crippen LogP contribution in [0.15, 0.2) is 17.3 Å². The van der Waals surface area contributed by atoms with E-state index < -0.39 is 10.9 Å². The zero-order chi connectivity index (χ0) is 21.2. The van der Waals surface area contributed by atoms with Crippen LogP contribution < -0.4 is 10.5 Å². The van der Waals surface area contributed by atoms with Crippen molar-refractivity contribution in [2.24, 2.45) is 10.9 Å². The summed E-state index contributed by atoms with van der Waals surface area (Å²) in [5.41, 5.74) is 7.03. The van der Waals surface area contributed by atoms with E-state index >= 15 is 0 Å². The summed E-state index contributed by atoms with van der Waals surface area (Å²) in [6.07, 6.45) is 0. The first-order valence-electron chi connectivity index (χ1n) is 7.78. The normalized spacial score (nSPS) is 11.3. The van der Waals surface area contributed by atoms with Crippen LogP contribution in [0.4, 0.5) is 5.69 Å². The number of halogens is 2. The first-order valence-corrected chi connectivity index (χ1v) is 8.54. The fourth-order valence-electron chi connectivity index (χ4n) is 2.55. The third-order valence-electron chi connectivity index (χ3n) is 3.87. The van der Waals surface area contributed by atoms with Crippen LogP contribution in [0.2, 0.25) is 10.2 Å². The summed E-state index contributed by atoms with van der Waals surface area (Å²) >= 11 is 12.2. The summed E-state index contributed by atoms with van der Waals surface area (Å²) in [6, 6.07) is 2.41. The Bertz CT molecular complexity index is 1010. The molecule has 1 aromatic carbocycles. The van der Waals surface area contributed by atoms with Gasteiger partial charge in [0.25, 0.3) is 0 Å². The Morgan fingerprint density at radius 2 is 1.93 bits per heavy atom. The molecule has 0 aliphatic carbocycles. The number of rotatable bonds is 5. The lowest BCUT2D eigenvalue weighted by molar-refractivity contribution is -0.385. The Kier molecular flexibility index (Phi) is 6.42. The first-order chi connectivity index (χ1) is 13.1. The minimum Gasteiger partial charge on any atom is -0.490 e. The lowest BCUT2D eigenvalue weighted by Gasteiger charge is -2.10. The minimum absolute atomic E-state index is 0.0485. The van der Waals surface area contributed by atoms with E-state index in [9.17, 15) is 14.9 Å². The molecule has 9 nitrogen and oxygen atoms in total. The number of nitro benzene ring substituents is 1. The maximum Gasteiger partial charge on any atom is 0.366 e. The monoisotopic (exact) mass is 426 g/mol. The predicted molar refractivity (Wildman–Crippen MR) is 104 cm³/mol. The molecule has 0 spiro atoms. The highest BCUT2D eigenvalue weighted by atomic mass is 35.5. The van der Waals surface area contributed by atoms with Gasteiger partial charge in [-0.25, -0.2) is 9.78 Å². The molecule has 28 heavy (non-hydrogen) atoms. The summed E-state index contributed by atoms with van der Waals surface area (Å²) in [5, 5.41) is 15.2. The molecule has 2 rings (SSSR count). The number of carbonyl (C=O) groups is 1. The number of pyridine rings is 1. The molecule has 0 bridgehead atoms. The zero-order valence-electron chi connectivity index (χ0n) is 15.4. The largest absolute Gasteiger partial charge is 0.490 e. The fourth-order valence-corrected chi connectivity index (χ4v) is 3.05. The van der Waals surface area contributed by atoms with Gasteiger partial charge in [-0.3, -0.25) is 10.1 Å². The van der Waals surface area contributed by atoms with Crippen LogP contribution in [0.25, 0.3) is 0 Å². The number of hydrogen-bond donors (Lipinski definition) is 1. The van der Waals surface area contributed by atoms with Crippen LogP contribution in [0.3, 0.4) is 0 Å². The molecule has 0 atom stereocenters. The zero-order valence-corrected chi connectivity index (χ0v) is 16.9. The number of nitro groups is 1. The van der Waals surface area contributed by atoms with Crippen LogP contribution in [-0.4, -0.2) is 28.8 Å². The molecule has 0 saturated heterocycles. The number of oxime groups is 1. The average Bonchev–Trinajstić information content (AvgIpc) is 2.63. The molecule has 148 valence electrons. The van der Waals surface area contributed by atoms with Gasteiger partial charge in [0.05, 0.1) is 33.9 Å². The van der Waals surface area contributed by atoms with Gasteiger partial charge in [0, 0.05) is 6.07 Å². The quantitative estimate of drug-likeness (QED) is 0.192. The summed E-state index contributed by atoms with van der Waals surface area (Å²) in [4.78, 5) is 31.7. The number of carbonyl (C=O) groups excluding carboxylic acids is 1. The molecular formula is C17H16Cl2N4O5. The Labute approximate surface area is 170 Å². The second-order valence-electron chi connectivity index (χ2n) is 5.76. The summed E-state index contributed by atoms with van der Waals surface area (Å²) < 4.78 is 5.00. The van der Waals surface area contributed by atoms with Crippen LogP contribution in [-0.2, 0) is 4.84 Å². The second-order valence-corrected chi connectivity index (χ2v) is 6.50. The number of hydrogen-bond acceptors (Lipinski definition) is 7. The Morgan fingerprint density at radius 1 is 1.29 bits per heavy atom. The van der Waals surface area contributed by atoms with Crippen molar-refractivity contribution in [1.29, 1.82) is 0 Å². The van der Waals surface area contributed by atoms with E-state index in [0.717, 1.165) is 6.07 Å². The Balaban J connectivity index is 2.36. The summed E-state index contributed by atoms with van der Waals surface area (Å²) in [7, 11) is 1.30. The number of aromatic nitrogens is 1. The van der Waals surface area contributed by atoms with Crippen molar-refractivity contribution >= 4 is 40.7 Å². The lowest BCUT2D eigenvalue weighted by atomic mass is 10.1. The minimum atomic E-state index is -0.947. The van der Waals surface area contributed by atoms with Crippen molar-refractivity contribution in [3.63, 3.8) is 0 Å². The summed E-state index contributed by atoms with van der Waals surface area (Å²) in [6.45, 7) is 4.90. The highest BCUT2D eigenvalue weighted by Gasteiger charge is 2.22. The van der Waals surface area contributed by atoms with Crippen molar-refractivity contribution in [2.45, 2.75) is 20.8 Å². The van der Waals surface area contributed by atoms with Gasteiger partial charge in [-0.2, -0.15) is 0 Å². The predicted octanol–water partition coefficient (Wildman–Crippen LogP) is 3.71. The average molecular weight is 427 g/mol. The van der Waals surface area contributed by atoms with Gasteiger partial charge >= 0.3 is 11.7 Å². The lowest BCUT2D eigenvalue weighted by Crippen LogP contribution is -2.18. The number of amidine groups is 1. The SMILES string of the molecule is COc1c(C)cc(C(=O)O/N=C(\N)c2c(Cl)nc(C)c(Cl)c2C)cc1[N+](=O)[O-]. The van der Waals surface area contributed by atoms with Crippen molar-refractivity contribution < 1.29 is 19.3 Å². The number of benzene rings is 1. The molecule has 0 unspecified atom stereocenters. The first kappa shape index (κ1) is 21.4. The number of methoxy groups -OCH3 is 1. The molecule has 0 amide bonds. The third-order valence-corrected chi connectivity index (χ3v) is 4.70. The standard InChI is InChI=1S/C17H16Cl2N4O5/c1-7-5-10(6-11(23(25)26)14(7)27-4)17(24)28-22-16(20)12-8(2)13(18)9(3)21-15(12)19/h5-6H,1-4H3,(H2,20,22). The van der Waals surface area contributed by atoms with Crippen LogP contribution >= 0.6 is 23.2 Å². The van der Waals surface area contributed by atoms with E-state index in [2.05, 4.69) is 10.1 Å². The molecule has 1 heterocycles. The number of nitrogens with zero attached hydrogens (tertiary/aromatic N) is 3. The smallest absolute Gasteiger partial charge is 0.366 e. The molecule has 0 aliphatic rings. The van der Waals surface area contributed by atoms with E-state index in [0.29, 0.717) is 21.8 Å². The highest BCUT2D eigenvalue weighted by Crippen LogP contribution is 2.32. The van der Waals surface area contributed by atoms with Crippen molar-refractivity contribution in [2.75, 3.05) is 7.11 Å². The fraction of sp³-hybridized carbons (Fsp3) is 0.235. The molecule has 11 heteroatoms. The van der Waals surface area contributed by atoms with Crippen LogP contribution in [0, 0.1) is 30.9 Å². The topological polar surface area (TPSA) is 130 Å². The van der Waals surface area contributed by atoms with E-state index in [4.69, 9.17) is 38.5 Å². The van der Waals surface area contributed by atoms with Gasteiger partial charge in [-0.1, -0.05) is 28.4 Å². The van der Waals surface area contributed by atoms with Crippen LogP contribution in [0.5, 0.6) is 5.75 Å². The third kappa shape index (κ3) is 4.15. The number of ether oxygens (including phenoxy) is 1. The van der Waals surface area contributed by atoms with Gasteiger partial charge in [0.15, 0.2) is 11.6 Å². The highest BCUT2D eigenvalue weighted by molar-refractivity contribution is 6.36. The summed E-state index contributed by atoms with van der Waals surface area (Å²) in [5.74, 6) is -1.12. The Hall–Kier alpha value is -2.91. The molecule has 0 radical (unpaired) electrons. The Morgan fingerprint density at radius 3 is 2.50 bits per heavy atom. The van der Waals surface area contributed by atoms with Crippen molar-refractivity contribution in [3.8, 4) is 5.75 Å². The van der Waals surface area contributed by atoms with E-state index in [1.54, 1.807) is 20.8 Å². The van der Waals surface area contributed by atoms with Gasteiger partial charge in [0.1, 0.15) is 5.15 Å². The molecule has 0 aliphatic heterocycles. The maximum atomic E-state index is 12.3. The number of aryl methyl sites for hydroxylation is 2. The van der Waals surface area contributed by atoms with Gasteiger partial charge in [0.2, 0.25) is 0 Å². The van der Waals surface area contributed by atoms with Gasteiger partial charge in [-0.15, -0.1) is 0 Å². The molecule has 2 N–H and O–H groups in total. The van der Waals surface area contributed by atoms with Crippen molar-refractivity contribution in [1.82, 2.24) is 4.98 Å². The molecule has 1 aromatic heterocycles. The van der Waals surface area contributed by atoms with Gasteiger partial charge in [-0.05, 0) is 38.0 Å². The molecule has 2 aromatic rings.